The normalized spacial score (nSPS) is 23.6. The van der Waals surface area contributed by atoms with Gasteiger partial charge in [0.1, 0.15) is 0 Å². The Kier molecular flexibility index (Phi) is 4.90. The molecule has 0 bridgehead atoms. The molecular weight excluding hydrogens is 232 g/mol. The topological polar surface area (TPSA) is 70.0 Å². The van der Waals surface area contributed by atoms with Gasteiger partial charge in [-0.15, -0.1) is 0 Å². The average molecular weight is 248 g/mol. The van der Waals surface area contributed by atoms with Crippen molar-refractivity contribution in [2.24, 2.45) is 5.92 Å². The number of hydrogen-bond acceptors (Lipinski definition) is 4. The molecule has 2 atom stereocenters. The largest absolute Gasteiger partial charge is 0.227 e. The summed E-state index contributed by atoms with van der Waals surface area (Å²) < 4.78 is 25.8. The monoisotopic (exact) mass is 248 g/mol. The first kappa shape index (κ1) is 12.8. The Hall–Kier alpha value is -0.250. The number of nitrogens with zero attached hydrogens (tertiary/aromatic N) is 1. The number of nitrogens with one attached hydrogen (secondary N) is 1. The van der Waals surface area contributed by atoms with E-state index in [9.17, 15) is 8.42 Å². The van der Waals surface area contributed by atoms with Crippen molar-refractivity contribution in [1.29, 1.82) is 5.26 Å². The minimum atomic E-state index is -3.43. The number of thioether (sulfide) groups is 1. The van der Waals surface area contributed by atoms with E-state index in [0.717, 1.165) is 17.9 Å². The minimum Gasteiger partial charge on any atom is -0.214 e. The lowest BCUT2D eigenvalue weighted by Gasteiger charge is -2.12. The minimum absolute atomic E-state index is 0.339. The summed E-state index contributed by atoms with van der Waals surface area (Å²) in [4.78, 5) is 0. The fraction of sp³-hybridized carbons (Fsp3) is 0.889. The van der Waals surface area contributed by atoms with Crippen LogP contribution < -0.4 is 4.72 Å². The van der Waals surface area contributed by atoms with Crippen LogP contribution in [0.4, 0.5) is 0 Å². The second-order valence-corrected chi connectivity index (χ2v) is 6.75. The van der Waals surface area contributed by atoms with E-state index in [-0.39, 0.29) is 0 Å². The molecule has 0 aliphatic carbocycles. The molecule has 0 saturated carbocycles. The highest BCUT2D eigenvalue weighted by atomic mass is 32.2. The fourth-order valence-electron chi connectivity index (χ4n) is 1.46. The highest BCUT2D eigenvalue weighted by molar-refractivity contribution is 7.99. The second kappa shape index (κ2) is 5.73. The fourth-order valence-corrected chi connectivity index (χ4v) is 3.99. The van der Waals surface area contributed by atoms with E-state index in [1.54, 1.807) is 6.92 Å². The lowest BCUT2D eigenvalue weighted by Crippen LogP contribution is -2.36. The van der Waals surface area contributed by atoms with Crippen molar-refractivity contribution < 1.29 is 8.42 Å². The van der Waals surface area contributed by atoms with Gasteiger partial charge in [0.15, 0.2) is 5.25 Å². The Labute approximate surface area is 95.5 Å². The van der Waals surface area contributed by atoms with Crippen LogP contribution in [0.2, 0.25) is 0 Å². The number of nitriles is 1. The molecule has 1 saturated heterocycles. The van der Waals surface area contributed by atoms with Crippen LogP contribution >= 0.6 is 11.8 Å². The van der Waals surface area contributed by atoms with Crippen molar-refractivity contribution in [1.82, 2.24) is 4.72 Å². The Morgan fingerprint density at radius 2 is 2.40 bits per heavy atom. The molecule has 0 aromatic heterocycles. The van der Waals surface area contributed by atoms with Gasteiger partial charge in [-0.1, -0.05) is 6.92 Å². The Morgan fingerprint density at radius 1 is 1.67 bits per heavy atom. The van der Waals surface area contributed by atoms with E-state index in [0.29, 0.717) is 18.9 Å². The molecular formula is C9H16N2O2S2. The molecule has 1 fully saturated rings. The van der Waals surface area contributed by atoms with Crippen LogP contribution in [0.5, 0.6) is 0 Å². The van der Waals surface area contributed by atoms with E-state index in [4.69, 9.17) is 5.26 Å². The van der Waals surface area contributed by atoms with Crippen molar-refractivity contribution in [3.05, 3.63) is 0 Å². The lowest BCUT2D eigenvalue weighted by atomic mass is 10.1. The predicted molar refractivity (Wildman–Crippen MR) is 62.0 cm³/mol. The van der Waals surface area contributed by atoms with Gasteiger partial charge in [0.25, 0.3) is 0 Å². The summed E-state index contributed by atoms with van der Waals surface area (Å²) in [5, 5.41) is 7.77. The summed E-state index contributed by atoms with van der Waals surface area (Å²) in [7, 11) is -3.43. The Bertz CT molecular complexity index is 329. The van der Waals surface area contributed by atoms with Gasteiger partial charge in [-0.25, -0.2) is 13.1 Å². The summed E-state index contributed by atoms with van der Waals surface area (Å²) in [6, 6.07) is 1.81. The first-order valence-corrected chi connectivity index (χ1v) is 7.76. The molecule has 1 heterocycles. The molecule has 1 N–H and O–H groups in total. The van der Waals surface area contributed by atoms with Crippen LogP contribution in [0.15, 0.2) is 0 Å². The molecule has 0 amide bonds. The lowest BCUT2D eigenvalue weighted by molar-refractivity contribution is 0.540. The maximum absolute atomic E-state index is 11.6. The molecule has 1 aliphatic rings. The molecule has 0 aromatic rings. The van der Waals surface area contributed by atoms with E-state index in [1.165, 1.54) is 0 Å². The molecule has 1 rings (SSSR count). The van der Waals surface area contributed by atoms with Crippen molar-refractivity contribution in [3.8, 4) is 6.07 Å². The van der Waals surface area contributed by atoms with Crippen molar-refractivity contribution in [2.75, 3.05) is 18.1 Å². The predicted octanol–water partition coefficient (Wildman–Crippen LogP) is 0.961. The molecule has 15 heavy (non-hydrogen) atoms. The van der Waals surface area contributed by atoms with Crippen LogP contribution in [0.25, 0.3) is 0 Å². The number of rotatable bonds is 5. The second-order valence-electron chi connectivity index (χ2n) is 3.65. The van der Waals surface area contributed by atoms with Gasteiger partial charge in [-0.05, 0) is 30.3 Å². The third-order valence-electron chi connectivity index (χ3n) is 2.49. The van der Waals surface area contributed by atoms with Crippen molar-refractivity contribution in [3.63, 3.8) is 0 Å². The van der Waals surface area contributed by atoms with Crippen LogP contribution in [-0.2, 0) is 10.0 Å². The van der Waals surface area contributed by atoms with Crippen LogP contribution in [-0.4, -0.2) is 31.7 Å². The quantitative estimate of drug-likeness (QED) is 0.787. The SMILES string of the molecule is CCC(C#N)S(=O)(=O)NCC1CCSC1. The van der Waals surface area contributed by atoms with Gasteiger partial charge in [0, 0.05) is 6.54 Å². The molecule has 4 nitrogen and oxygen atoms in total. The summed E-state index contributed by atoms with van der Waals surface area (Å²) in [5.41, 5.74) is 0. The maximum atomic E-state index is 11.6. The summed E-state index contributed by atoms with van der Waals surface area (Å²) in [6.45, 7) is 2.19. The number of hydrogen-bond donors (Lipinski definition) is 1. The standard InChI is InChI=1S/C9H16N2O2S2/c1-2-9(5-10)15(12,13)11-6-8-3-4-14-7-8/h8-9,11H,2-4,6-7H2,1H3. The van der Waals surface area contributed by atoms with Crippen LogP contribution in [0, 0.1) is 17.2 Å². The molecule has 1 aliphatic heterocycles. The summed E-state index contributed by atoms with van der Waals surface area (Å²) >= 11 is 1.85. The van der Waals surface area contributed by atoms with E-state index < -0.39 is 15.3 Å². The van der Waals surface area contributed by atoms with Gasteiger partial charge < -0.3 is 0 Å². The zero-order valence-corrected chi connectivity index (χ0v) is 10.4. The van der Waals surface area contributed by atoms with Crippen LogP contribution in [0.1, 0.15) is 19.8 Å². The van der Waals surface area contributed by atoms with Crippen LogP contribution in [0.3, 0.4) is 0 Å². The third kappa shape index (κ3) is 3.67. The van der Waals surface area contributed by atoms with E-state index in [2.05, 4.69) is 4.72 Å². The molecule has 0 spiro atoms. The summed E-state index contributed by atoms with van der Waals surface area (Å²) in [5.74, 6) is 2.56. The van der Waals surface area contributed by atoms with Gasteiger partial charge in [-0.2, -0.15) is 17.0 Å². The van der Waals surface area contributed by atoms with Gasteiger partial charge in [0.2, 0.25) is 10.0 Å². The van der Waals surface area contributed by atoms with Gasteiger partial charge in [-0.3, -0.25) is 0 Å². The highest BCUT2D eigenvalue weighted by Gasteiger charge is 2.25. The number of sulfonamides is 1. The summed E-state index contributed by atoms with van der Waals surface area (Å²) in [6.07, 6.45) is 1.40. The molecule has 0 aromatic carbocycles. The maximum Gasteiger partial charge on any atom is 0.227 e. The van der Waals surface area contributed by atoms with Crippen molar-refractivity contribution >= 4 is 21.8 Å². The Balaban J connectivity index is 2.45. The first-order chi connectivity index (χ1) is 7.10. The van der Waals surface area contributed by atoms with Gasteiger partial charge in [0.05, 0.1) is 6.07 Å². The first-order valence-electron chi connectivity index (χ1n) is 5.06. The molecule has 6 heteroatoms. The van der Waals surface area contributed by atoms with E-state index >= 15 is 0 Å². The molecule has 2 unspecified atom stereocenters. The Morgan fingerprint density at radius 3 is 2.87 bits per heavy atom. The highest BCUT2D eigenvalue weighted by Crippen LogP contribution is 2.22. The molecule has 86 valence electrons. The zero-order chi connectivity index (χ0) is 11.3. The molecule has 0 radical (unpaired) electrons. The zero-order valence-electron chi connectivity index (χ0n) is 8.77. The third-order valence-corrected chi connectivity index (χ3v) is 5.47. The van der Waals surface area contributed by atoms with Crippen molar-refractivity contribution in [2.45, 2.75) is 25.0 Å². The van der Waals surface area contributed by atoms with Gasteiger partial charge >= 0.3 is 0 Å². The van der Waals surface area contributed by atoms with E-state index in [1.807, 2.05) is 17.8 Å². The smallest absolute Gasteiger partial charge is 0.214 e. The average Bonchev–Trinajstić information content (AvgIpc) is 2.69.